The summed E-state index contributed by atoms with van der Waals surface area (Å²) in [5, 5.41) is 8.22. The Kier molecular flexibility index (Phi) is 7.14. The first-order chi connectivity index (χ1) is 16.8. The molecule has 2 aromatic rings. The molecule has 1 aromatic carbocycles. The van der Waals surface area contributed by atoms with Gasteiger partial charge in [-0.2, -0.15) is 0 Å². The molecule has 3 aliphatic rings. The topological polar surface area (TPSA) is 72.8 Å². The first-order valence-electron chi connectivity index (χ1n) is 12.5. The van der Waals surface area contributed by atoms with Gasteiger partial charge < -0.3 is 14.9 Å². The molecule has 1 amide bonds. The molecule has 2 fully saturated rings. The highest BCUT2D eigenvalue weighted by Gasteiger charge is 2.57. The number of oxime groups is 1. The quantitative estimate of drug-likeness (QED) is 0.298. The van der Waals surface area contributed by atoms with Crippen LogP contribution in [0.15, 0.2) is 23.5 Å². The van der Waals surface area contributed by atoms with Gasteiger partial charge in [0.15, 0.2) is 5.13 Å². The molecule has 3 aliphatic carbocycles. The van der Waals surface area contributed by atoms with Crippen molar-refractivity contribution in [1.29, 1.82) is 0 Å². The molecule has 8 heteroatoms. The van der Waals surface area contributed by atoms with Crippen LogP contribution >= 0.6 is 33.9 Å². The Bertz CT molecular complexity index is 1150. The number of aromatic nitrogens is 1. The van der Waals surface area contributed by atoms with E-state index in [0.29, 0.717) is 35.2 Å². The Morgan fingerprint density at radius 3 is 2.89 bits per heavy atom. The number of aryl methyl sites for hydroxylation is 2. The highest BCUT2D eigenvalue weighted by atomic mass is 127. The van der Waals surface area contributed by atoms with E-state index in [-0.39, 0.29) is 11.3 Å². The Hall–Kier alpha value is -1.68. The lowest BCUT2D eigenvalue weighted by Crippen LogP contribution is -2.44. The summed E-state index contributed by atoms with van der Waals surface area (Å²) in [7, 11) is 3.41. The fourth-order valence-corrected chi connectivity index (χ4v) is 8.63. The number of rotatable bonds is 6. The van der Waals surface area contributed by atoms with Crippen molar-refractivity contribution < 1.29 is 14.4 Å². The number of hydrogen-bond acceptors (Lipinski definition) is 6. The van der Waals surface area contributed by atoms with Gasteiger partial charge in [0.2, 0.25) is 5.91 Å². The number of benzene rings is 1. The molecule has 1 aromatic heterocycles. The second kappa shape index (κ2) is 10.00. The number of halogens is 1. The third kappa shape index (κ3) is 4.61. The van der Waals surface area contributed by atoms with Crippen LogP contribution in [-0.2, 0) is 16.1 Å². The summed E-state index contributed by atoms with van der Waals surface area (Å²) < 4.78 is 6.80. The Morgan fingerprint density at radius 1 is 1.34 bits per heavy atom. The van der Waals surface area contributed by atoms with Gasteiger partial charge in [0, 0.05) is 22.9 Å². The number of fused-ring (bicyclic) bond motifs is 5. The van der Waals surface area contributed by atoms with Crippen LogP contribution in [0.25, 0.3) is 0 Å². The van der Waals surface area contributed by atoms with Crippen molar-refractivity contribution in [2.24, 2.45) is 28.3 Å². The maximum absolute atomic E-state index is 12.8. The summed E-state index contributed by atoms with van der Waals surface area (Å²) in [4.78, 5) is 23.5. The fraction of sp³-hybridized carbons (Fsp3) is 0.593. The SMILES string of the molecule is CO/N=C1\C[C@@H](CCC(=O)Nc2ncc(C)s2)C2C3CCc4cc(OC)c(I)cc4C3CC[C@]12C. The molecule has 0 aliphatic heterocycles. The predicted octanol–water partition coefficient (Wildman–Crippen LogP) is 6.57. The number of carbonyl (C=O) groups excluding carboxylic acids is 1. The number of carbonyl (C=O) groups is 1. The van der Waals surface area contributed by atoms with Gasteiger partial charge in [-0.1, -0.05) is 12.1 Å². The minimum atomic E-state index is 0.0435. The predicted molar refractivity (Wildman–Crippen MR) is 148 cm³/mol. The summed E-state index contributed by atoms with van der Waals surface area (Å²) in [5.41, 5.74) is 4.20. The second-order valence-electron chi connectivity index (χ2n) is 10.5. The van der Waals surface area contributed by atoms with E-state index in [0.717, 1.165) is 36.3 Å². The molecule has 0 bridgehead atoms. The molecule has 0 spiro atoms. The smallest absolute Gasteiger partial charge is 0.226 e. The molecule has 35 heavy (non-hydrogen) atoms. The van der Waals surface area contributed by atoms with Crippen LogP contribution in [0.3, 0.4) is 0 Å². The summed E-state index contributed by atoms with van der Waals surface area (Å²) in [6, 6.07) is 4.63. The minimum Gasteiger partial charge on any atom is -0.496 e. The van der Waals surface area contributed by atoms with E-state index in [2.05, 4.69) is 57.1 Å². The number of hydrogen-bond donors (Lipinski definition) is 1. The number of ether oxygens (including phenoxy) is 1. The summed E-state index contributed by atoms with van der Waals surface area (Å²) in [6.45, 7) is 4.40. The Labute approximate surface area is 225 Å². The molecular weight excluding hydrogens is 573 g/mol. The number of thiazole rings is 1. The maximum atomic E-state index is 12.8. The summed E-state index contributed by atoms with van der Waals surface area (Å²) in [5.74, 6) is 3.15. The Balaban J connectivity index is 1.39. The van der Waals surface area contributed by atoms with Crippen LogP contribution in [0.5, 0.6) is 5.75 Å². The Morgan fingerprint density at radius 2 is 2.17 bits per heavy atom. The van der Waals surface area contributed by atoms with E-state index in [1.807, 2.05) is 6.92 Å². The molecular formula is C27H34IN3O3S. The van der Waals surface area contributed by atoms with Crippen molar-refractivity contribution in [3.63, 3.8) is 0 Å². The number of anilines is 1. The molecule has 188 valence electrons. The molecule has 5 rings (SSSR count). The zero-order chi connectivity index (χ0) is 24.7. The molecule has 0 saturated heterocycles. The lowest BCUT2D eigenvalue weighted by atomic mass is 9.54. The third-order valence-electron chi connectivity index (χ3n) is 8.68. The third-order valence-corrected chi connectivity index (χ3v) is 10.4. The molecule has 1 N–H and O–H groups in total. The normalized spacial score (nSPS) is 30.4. The largest absolute Gasteiger partial charge is 0.496 e. The standard InChI is InChI=1S/C27H34IN3O3S/c1-15-14-29-26(35-15)30-24(32)8-6-17-12-23(31-34-4)27(2)10-9-18-19(25(17)27)7-5-16-11-22(33-3)21(28)13-20(16)18/h11,13-14,17-19,25H,5-10,12H2,1-4H3,(H,29,30,32)/b31-23+/t17-,18?,19?,25?,27-/m1/s1. The summed E-state index contributed by atoms with van der Waals surface area (Å²) in [6.07, 6.45) is 8.67. The second-order valence-corrected chi connectivity index (χ2v) is 12.9. The minimum absolute atomic E-state index is 0.0435. The van der Waals surface area contributed by atoms with E-state index in [9.17, 15) is 4.79 Å². The van der Waals surface area contributed by atoms with E-state index < -0.39 is 0 Å². The number of nitrogens with zero attached hydrogens (tertiary/aromatic N) is 2. The molecule has 5 atom stereocenters. The first-order valence-corrected chi connectivity index (χ1v) is 14.4. The average Bonchev–Trinajstić information content (AvgIpc) is 3.37. The monoisotopic (exact) mass is 607 g/mol. The van der Waals surface area contributed by atoms with Gasteiger partial charge in [0.05, 0.1) is 16.4 Å². The van der Waals surface area contributed by atoms with Gasteiger partial charge >= 0.3 is 0 Å². The first kappa shape index (κ1) is 25.0. The maximum Gasteiger partial charge on any atom is 0.226 e. The summed E-state index contributed by atoms with van der Waals surface area (Å²) >= 11 is 3.93. The number of methoxy groups -OCH3 is 1. The van der Waals surface area contributed by atoms with Crippen molar-refractivity contribution in [3.8, 4) is 5.75 Å². The molecule has 6 nitrogen and oxygen atoms in total. The molecule has 2 saturated carbocycles. The van der Waals surface area contributed by atoms with Crippen LogP contribution in [0, 0.1) is 33.7 Å². The number of nitrogens with one attached hydrogen (secondary N) is 1. The van der Waals surface area contributed by atoms with Crippen LogP contribution in [-0.4, -0.2) is 30.8 Å². The van der Waals surface area contributed by atoms with Gasteiger partial charge in [-0.25, -0.2) is 4.98 Å². The highest BCUT2D eigenvalue weighted by molar-refractivity contribution is 14.1. The van der Waals surface area contributed by atoms with Crippen molar-refractivity contribution in [1.82, 2.24) is 4.98 Å². The van der Waals surface area contributed by atoms with Crippen molar-refractivity contribution in [3.05, 3.63) is 37.9 Å². The fourth-order valence-electron chi connectivity index (χ4n) is 7.24. The lowest BCUT2D eigenvalue weighted by Gasteiger charge is -2.50. The van der Waals surface area contributed by atoms with Crippen LogP contribution in [0.4, 0.5) is 5.13 Å². The van der Waals surface area contributed by atoms with Crippen LogP contribution in [0.1, 0.15) is 67.4 Å². The van der Waals surface area contributed by atoms with E-state index in [1.165, 1.54) is 44.6 Å². The van der Waals surface area contributed by atoms with Crippen molar-refractivity contribution >= 4 is 50.7 Å². The van der Waals surface area contributed by atoms with E-state index in [4.69, 9.17) is 9.57 Å². The van der Waals surface area contributed by atoms with Crippen molar-refractivity contribution in [2.75, 3.05) is 19.5 Å². The van der Waals surface area contributed by atoms with Gasteiger partial charge in [0.1, 0.15) is 12.9 Å². The average molecular weight is 608 g/mol. The van der Waals surface area contributed by atoms with Gasteiger partial charge in [-0.15, -0.1) is 11.3 Å². The van der Waals surface area contributed by atoms with E-state index >= 15 is 0 Å². The van der Waals surface area contributed by atoms with Gasteiger partial charge in [-0.05, 0) is 115 Å². The van der Waals surface area contributed by atoms with E-state index in [1.54, 1.807) is 20.4 Å². The highest BCUT2D eigenvalue weighted by Crippen LogP contribution is 2.62. The molecule has 1 heterocycles. The zero-order valence-corrected chi connectivity index (χ0v) is 23.9. The molecule has 3 unspecified atom stereocenters. The van der Waals surface area contributed by atoms with Crippen molar-refractivity contribution in [2.45, 2.75) is 64.7 Å². The number of amides is 1. The van der Waals surface area contributed by atoms with Gasteiger partial charge in [0.25, 0.3) is 0 Å². The lowest BCUT2D eigenvalue weighted by molar-refractivity contribution is -0.116. The van der Waals surface area contributed by atoms with Crippen LogP contribution < -0.4 is 10.1 Å². The zero-order valence-electron chi connectivity index (χ0n) is 20.9. The van der Waals surface area contributed by atoms with Crippen LogP contribution in [0.2, 0.25) is 0 Å². The molecule has 0 radical (unpaired) electrons. The van der Waals surface area contributed by atoms with Gasteiger partial charge in [-0.3, -0.25) is 4.79 Å².